The number of hydrogen-bond donors (Lipinski definition) is 0. The summed E-state index contributed by atoms with van der Waals surface area (Å²) in [4.78, 5) is 0. The second-order valence-corrected chi connectivity index (χ2v) is 2.71. The summed E-state index contributed by atoms with van der Waals surface area (Å²) in [5.74, 6) is 0. The molecule has 0 saturated heterocycles. The predicted octanol–water partition coefficient (Wildman–Crippen LogP) is 1.20. The highest BCUT2D eigenvalue weighted by Crippen LogP contribution is 1.94. The molecule has 0 spiro atoms. The van der Waals surface area contributed by atoms with Crippen molar-refractivity contribution in [3.63, 3.8) is 0 Å². The summed E-state index contributed by atoms with van der Waals surface area (Å²) in [6.07, 6.45) is 1.48. The minimum absolute atomic E-state index is 0.708. The van der Waals surface area contributed by atoms with Gasteiger partial charge in [-0.2, -0.15) is 0 Å². The van der Waals surface area contributed by atoms with Crippen LogP contribution in [0.5, 0.6) is 0 Å². The minimum Gasteiger partial charge on any atom is -0.454 e. The fraction of sp³-hybridized carbons (Fsp3) is 0.714. The molecule has 0 N–H and O–H groups in total. The molecule has 0 atom stereocenters. The quantitative estimate of drug-likeness (QED) is 0.315. The lowest BCUT2D eigenvalue weighted by Gasteiger charge is -2.26. The number of nitrogens with zero attached hydrogens (tertiary/aromatic N) is 1. The topological polar surface area (TPSA) is 9.23 Å². The monoisotopic (exact) mass is 130 g/mol. The van der Waals surface area contributed by atoms with Crippen molar-refractivity contribution in [1.29, 1.82) is 0 Å². The summed E-state index contributed by atoms with van der Waals surface area (Å²) in [7, 11) is 4.23. The van der Waals surface area contributed by atoms with Crippen LogP contribution in [0.3, 0.4) is 0 Å². The van der Waals surface area contributed by atoms with E-state index < -0.39 is 0 Å². The van der Waals surface area contributed by atoms with Gasteiger partial charge in [-0.3, -0.25) is 4.48 Å². The lowest BCUT2D eigenvalue weighted by molar-refractivity contribution is -0.906. The molecule has 0 aromatic rings. The van der Waals surface area contributed by atoms with Gasteiger partial charge < -0.3 is 4.74 Å². The normalized spacial score (nSPS) is 11.0. The molecule has 54 valence electrons. The lowest BCUT2D eigenvalue weighted by atomic mass is 10.6. The third-order valence-electron chi connectivity index (χ3n) is 1.40. The van der Waals surface area contributed by atoms with Gasteiger partial charge in [0.05, 0.1) is 26.9 Å². The first-order chi connectivity index (χ1) is 4.12. The fourth-order valence-electron chi connectivity index (χ4n) is 0.346. The first-order valence-corrected chi connectivity index (χ1v) is 3.17. The van der Waals surface area contributed by atoms with Crippen molar-refractivity contribution in [2.75, 3.05) is 27.4 Å². The molecule has 0 radical (unpaired) electrons. The Hall–Kier alpha value is -0.500. The van der Waals surface area contributed by atoms with E-state index in [2.05, 4.69) is 27.6 Å². The van der Waals surface area contributed by atoms with E-state index >= 15 is 0 Å². The molecule has 2 heteroatoms. The predicted molar refractivity (Wildman–Crippen MR) is 38.8 cm³/mol. The molecule has 0 aromatic carbocycles. The van der Waals surface area contributed by atoms with Crippen LogP contribution >= 0.6 is 0 Å². The molecule has 0 unspecified atom stereocenters. The molecule has 0 heterocycles. The average Bonchev–Trinajstić information content (AvgIpc) is 1.84. The average molecular weight is 130 g/mol. The van der Waals surface area contributed by atoms with Gasteiger partial charge in [0, 0.05) is 0 Å². The highest BCUT2D eigenvalue weighted by molar-refractivity contribution is 4.45. The molecule has 0 aromatic heterocycles. The Morgan fingerprint density at radius 3 is 2.44 bits per heavy atom. The van der Waals surface area contributed by atoms with E-state index in [0.717, 1.165) is 11.0 Å². The van der Waals surface area contributed by atoms with Gasteiger partial charge in [-0.15, -0.1) is 0 Å². The van der Waals surface area contributed by atoms with Crippen molar-refractivity contribution >= 4 is 0 Å². The highest BCUT2D eigenvalue weighted by Gasteiger charge is 2.09. The van der Waals surface area contributed by atoms with Gasteiger partial charge in [0.15, 0.2) is 0 Å². The third kappa shape index (κ3) is 4.03. The van der Waals surface area contributed by atoms with E-state index in [1.165, 1.54) is 6.26 Å². The van der Waals surface area contributed by atoms with Crippen LogP contribution in [0.1, 0.15) is 6.92 Å². The van der Waals surface area contributed by atoms with E-state index in [-0.39, 0.29) is 0 Å². The minimum atomic E-state index is 0.708. The maximum atomic E-state index is 5.03. The molecule has 2 nitrogen and oxygen atoms in total. The third-order valence-corrected chi connectivity index (χ3v) is 1.40. The summed E-state index contributed by atoms with van der Waals surface area (Å²) >= 11 is 0. The maximum absolute atomic E-state index is 5.03. The van der Waals surface area contributed by atoms with E-state index in [0.29, 0.717) is 6.73 Å². The second-order valence-electron chi connectivity index (χ2n) is 2.71. The Kier molecular flexibility index (Phi) is 3.32. The maximum Gasteiger partial charge on any atom is 0.222 e. The van der Waals surface area contributed by atoms with Crippen molar-refractivity contribution in [3.05, 3.63) is 12.8 Å². The Morgan fingerprint density at radius 1 is 1.56 bits per heavy atom. The Labute approximate surface area is 57.3 Å². The first kappa shape index (κ1) is 8.50. The molecule has 0 aliphatic heterocycles. The number of ether oxygens (including phenoxy) is 1. The highest BCUT2D eigenvalue weighted by atomic mass is 16.5. The largest absolute Gasteiger partial charge is 0.454 e. The van der Waals surface area contributed by atoms with Gasteiger partial charge in [-0.25, -0.2) is 0 Å². The standard InChI is InChI=1S/C7H16NO/c1-5-8(3,4)7-9-6-2/h6H,2,5,7H2,1,3-4H3/q+1. The van der Waals surface area contributed by atoms with Gasteiger partial charge >= 0.3 is 0 Å². The van der Waals surface area contributed by atoms with Gasteiger partial charge in [-0.1, -0.05) is 6.58 Å². The van der Waals surface area contributed by atoms with Crippen LogP contribution in [-0.2, 0) is 4.74 Å². The zero-order valence-electron chi connectivity index (χ0n) is 6.55. The Morgan fingerprint density at radius 2 is 2.11 bits per heavy atom. The van der Waals surface area contributed by atoms with Crippen LogP contribution in [0.15, 0.2) is 12.8 Å². The molecule has 0 fully saturated rings. The van der Waals surface area contributed by atoms with E-state index in [4.69, 9.17) is 4.74 Å². The van der Waals surface area contributed by atoms with Crippen LogP contribution in [-0.4, -0.2) is 31.9 Å². The van der Waals surface area contributed by atoms with Crippen molar-refractivity contribution in [1.82, 2.24) is 0 Å². The molecule has 0 aliphatic rings. The van der Waals surface area contributed by atoms with Crippen molar-refractivity contribution < 1.29 is 9.22 Å². The van der Waals surface area contributed by atoms with Crippen molar-refractivity contribution in [3.8, 4) is 0 Å². The summed E-state index contributed by atoms with van der Waals surface area (Å²) in [6.45, 7) is 7.38. The molecule has 0 rings (SSSR count). The van der Waals surface area contributed by atoms with E-state index in [1.807, 2.05) is 0 Å². The van der Waals surface area contributed by atoms with Crippen LogP contribution < -0.4 is 0 Å². The molecular formula is C7H16NO+. The van der Waals surface area contributed by atoms with Crippen LogP contribution in [0.4, 0.5) is 0 Å². The Balaban J connectivity index is 3.44. The second kappa shape index (κ2) is 3.51. The molecular weight excluding hydrogens is 114 g/mol. The summed E-state index contributed by atoms with van der Waals surface area (Å²) < 4.78 is 5.91. The van der Waals surface area contributed by atoms with Gasteiger partial charge in [0.1, 0.15) is 0 Å². The first-order valence-electron chi connectivity index (χ1n) is 3.17. The number of hydrogen-bond acceptors (Lipinski definition) is 1. The SMILES string of the molecule is C=COC[N+](C)(C)CC. The van der Waals surface area contributed by atoms with Crippen molar-refractivity contribution in [2.24, 2.45) is 0 Å². The smallest absolute Gasteiger partial charge is 0.222 e. The van der Waals surface area contributed by atoms with Crippen LogP contribution in [0, 0.1) is 0 Å². The zero-order chi connectivity index (χ0) is 7.33. The number of rotatable bonds is 4. The van der Waals surface area contributed by atoms with E-state index in [9.17, 15) is 0 Å². The van der Waals surface area contributed by atoms with Crippen molar-refractivity contribution in [2.45, 2.75) is 6.92 Å². The molecule has 0 saturated carbocycles. The molecule has 0 amide bonds. The molecule has 9 heavy (non-hydrogen) atoms. The fourth-order valence-corrected chi connectivity index (χ4v) is 0.346. The summed E-state index contributed by atoms with van der Waals surface area (Å²) in [5, 5.41) is 0. The molecule has 0 bridgehead atoms. The van der Waals surface area contributed by atoms with Gasteiger partial charge in [0.25, 0.3) is 0 Å². The molecule has 0 aliphatic carbocycles. The Bertz CT molecular complexity index is 88.9. The van der Waals surface area contributed by atoms with Crippen LogP contribution in [0.2, 0.25) is 0 Å². The summed E-state index contributed by atoms with van der Waals surface area (Å²) in [6, 6.07) is 0. The van der Waals surface area contributed by atoms with Gasteiger partial charge in [0.2, 0.25) is 6.73 Å². The number of quaternary nitrogens is 1. The summed E-state index contributed by atoms with van der Waals surface area (Å²) in [5.41, 5.74) is 0. The zero-order valence-corrected chi connectivity index (χ0v) is 6.55. The van der Waals surface area contributed by atoms with Gasteiger partial charge in [-0.05, 0) is 6.92 Å². The van der Waals surface area contributed by atoms with E-state index in [1.54, 1.807) is 0 Å². The van der Waals surface area contributed by atoms with Crippen LogP contribution in [0.25, 0.3) is 0 Å². The lowest BCUT2D eigenvalue weighted by Crippen LogP contribution is -2.40.